The third-order valence-electron chi connectivity index (χ3n) is 4.84. The van der Waals surface area contributed by atoms with E-state index in [9.17, 15) is 5.11 Å². The zero-order valence-electron chi connectivity index (χ0n) is 15.0. The summed E-state index contributed by atoms with van der Waals surface area (Å²) in [6.07, 6.45) is 0. The standard InChI is InChI=1S/C25H17NO2/c27-21-14-8-7-13-20(21)25-26-24-22(28-25)16-15-19(17-9-3-1-4-10-17)23(24)18-11-5-2-6-12-18/h1-16,27H. The van der Waals surface area contributed by atoms with Crippen LogP contribution >= 0.6 is 0 Å². The molecule has 3 nitrogen and oxygen atoms in total. The molecule has 1 heterocycles. The van der Waals surface area contributed by atoms with Crippen molar-refractivity contribution < 1.29 is 9.52 Å². The van der Waals surface area contributed by atoms with Crippen LogP contribution in [0.5, 0.6) is 5.75 Å². The Bertz CT molecular complexity index is 1260. The summed E-state index contributed by atoms with van der Waals surface area (Å²) < 4.78 is 6.02. The van der Waals surface area contributed by atoms with E-state index < -0.39 is 0 Å². The maximum atomic E-state index is 10.2. The summed E-state index contributed by atoms with van der Waals surface area (Å²) in [4.78, 5) is 4.78. The highest BCUT2D eigenvalue weighted by Gasteiger charge is 2.18. The smallest absolute Gasteiger partial charge is 0.231 e. The summed E-state index contributed by atoms with van der Waals surface area (Å²) in [5.41, 5.74) is 6.37. The van der Waals surface area contributed by atoms with Gasteiger partial charge >= 0.3 is 0 Å². The number of fused-ring (bicyclic) bond motifs is 1. The normalized spacial score (nSPS) is 11.0. The SMILES string of the molecule is Oc1ccccc1-c1nc2c(-c3ccccc3)c(-c3ccccc3)ccc2o1. The Labute approximate surface area is 162 Å². The van der Waals surface area contributed by atoms with E-state index in [1.165, 1.54) is 0 Å². The van der Waals surface area contributed by atoms with Crippen LogP contribution in [0.1, 0.15) is 0 Å². The van der Waals surface area contributed by atoms with E-state index in [1.54, 1.807) is 18.2 Å². The van der Waals surface area contributed by atoms with Crippen LogP contribution < -0.4 is 0 Å². The van der Waals surface area contributed by atoms with Gasteiger partial charge in [0.25, 0.3) is 0 Å². The monoisotopic (exact) mass is 363 g/mol. The second-order valence-electron chi connectivity index (χ2n) is 6.60. The number of benzene rings is 4. The number of para-hydroxylation sites is 1. The number of hydrogen-bond donors (Lipinski definition) is 1. The third kappa shape index (κ3) is 2.74. The Morgan fingerprint density at radius 2 is 1.25 bits per heavy atom. The molecule has 0 saturated heterocycles. The van der Waals surface area contributed by atoms with Crippen molar-refractivity contribution >= 4 is 11.1 Å². The van der Waals surface area contributed by atoms with E-state index in [-0.39, 0.29) is 5.75 Å². The molecule has 0 amide bonds. The average Bonchev–Trinajstić information content (AvgIpc) is 3.18. The van der Waals surface area contributed by atoms with Crippen LogP contribution in [-0.4, -0.2) is 10.1 Å². The van der Waals surface area contributed by atoms with Crippen LogP contribution in [0.3, 0.4) is 0 Å². The highest BCUT2D eigenvalue weighted by atomic mass is 16.3. The van der Waals surface area contributed by atoms with E-state index in [0.717, 1.165) is 27.8 Å². The highest BCUT2D eigenvalue weighted by Crippen LogP contribution is 2.40. The quantitative estimate of drug-likeness (QED) is 0.396. The first-order valence-electron chi connectivity index (χ1n) is 9.14. The molecule has 0 bridgehead atoms. The maximum absolute atomic E-state index is 10.2. The summed E-state index contributed by atoms with van der Waals surface area (Å²) in [6.45, 7) is 0. The molecule has 28 heavy (non-hydrogen) atoms. The van der Waals surface area contributed by atoms with Crippen molar-refractivity contribution in [3.05, 3.63) is 97.1 Å². The van der Waals surface area contributed by atoms with Gasteiger partial charge in [-0.2, -0.15) is 0 Å². The minimum atomic E-state index is 0.151. The molecule has 0 aliphatic rings. The molecule has 1 aromatic heterocycles. The summed E-state index contributed by atoms with van der Waals surface area (Å²) in [5.74, 6) is 0.564. The zero-order valence-corrected chi connectivity index (χ0v) is 15.0. The Morgan fingerprint density at radius 1 is 0.607 bits per heavy atom. The average molecular weight is 363 g/mol. The third-order valence-corrected chi connectivity index (χ3v) is 4.84. The maximum Gasteiger partial charge on any atom is 0.231 e. The van der Waals surface area contributed by atoms with Crippen molar-refractivity contribution in [1.29, 1.82) is 0 Å². The predicted octanol–water partition coefficient (Wildman–Crippen LogP) is 6.53. The van der Waals surface area contributed by atoms with Gasteiger partial charge in [-0.3, -0.25) is 0 Å². The molecule has 5 rings (SSSR count). The van der Waals surface area contributed by atoms with Gasteiger partial charge in [-0.05, 0) is 41.0 Å². The van der Waals surface area contributed by atoms with Crippen LogP contribution in [0.4, 0.5) is 0 Å². The second-order valence-corrected chi connectivity index (χ2v) is 6.60. The molecule has 0 saturated carbocycles. The topological polar surface area (TPSA) is 46.3 Å². The Kier molecular flexibility index (Phi) is 3.91. The lowest BCUT2D eigenvalue weighted by molar-refractivity contribution is 0.474. The molecular weight excluding hydrogens is 346 g/mol. The van der Waals surface area contributed by atoms with Gasteiger partial charge in [-0.25, -0.2) is 4.98 Å². The van der Waals surface area contributed by atoms with Gasteiger partial charge in [0, 0.05) is 5.56 Å². The summed E-state index contributed by atoms with van der Waals surface area (Å²) in [5, 5.41) is 10.2. The summed E-state index contributed by atoms with van der Waals surface area (Å²) in [6, 6.07) is 31.6. The largest absolute Gasteiger partial charge is 0.507 e. The zero-order chi connectivity index (χ0) is 18.9. The van der Waals surface area contributed by atoms with E-state index in [1.807, 2.05) is 48.5 Å². The molecule has 0 aliphatic heterocycles. The number of hydrogen-bond acceptors (Lipinski definition) is 3. The van der Waals surface area contributed by atoms with Gasteiger partial charge in [0.15, 0.2) is 5.58 Å². The van der Waals surface area contributed by atoms with Gasteiger partial charge in [-0.1, -0.05) is 72.8 Å². The van der Waals surface area contributed by atoms with E-state index >= 15 is 0 Å². The number of rotatable bonds is 3. The van der Waals surface area contributed by atoms with Crippen molar-refractivity contribution in [3.63, 3.8) is 0 Å². The minimum absolute atomic E-state index is 0.151. The number of aromatic hydroxyl groups is 1. The second kappa shape index (κ2) is 6.71. The molecule has 0 atom stereocenters. The number of nitrogens with zero attached hydrogens (tertiary/aromatic N) is 1. The molecule has 5 aromatic rings. The van der Waals surface area contributed by atoms with Crippen molar-refractivity contribution in [2.45, 2.75) is 0 Å². The van der Waals surface area contributed by atoms with Crippen LogP contribution in [0, 0.1) is 0 Å². The van der Waals surface area contributed by atoms with Gasteiger partial charge in [-0.15, -0.1) is 0 Å². The van der Waals surface area contributed by atoms with Crippen molar-refractivity contribution in [2.24, 2.45) is 0 Å². The van der Waals surface area contributed by atoms with Gasteiger partial charge < -0.3 is 9.52 Å². The number of oxazole rings is 1. The number of aromatic nitrogens is 1. The summed E-state index contributed by atoms with van der Waals surface area (Å²) >= 11 is 0. The Morgan fingerprint density at radius 3 is 1.96 bits per heavy atom. The first-order chi connectivity index (χ1) is 13.8. The molecule has 0 radical (unpaired) electrons. The molecule has 134 valence electrons. The molecule has 3 heteroatoms. The molecule has 0 spiro atoms. The molecule has 0 unspecified atom stereocenters. The first-order valence-corrected chi connectivity index (χ1v) is 9.14. The van der Waals surface area contributed by atoms with Crippen LogP contribution in [0.2, 0.25) is 0 Å². The van der Waals surface area contributed by atoms with Gasteiger partial charge in [0.2, 0.25) is 5.89 Å². The molecule has 1 N–H and O–H groups in total. The van der Waals surface area contributed by atoms with Crippen molar-refractivity contribution in [1.82, 2.24) is 4.98 Å². The minimum Gasteiger partial charge on any atom is -0.507 e. The lowest BCUT2D eigenvalue weighted by atomic mass is 9.93. The summed E-state index contributed by atoms with van der Waals surface area (Å²) in [7, 11) is 0. The van der Waals surface area contributed by atoms with E-state index in [0.29, 0.717) is 17.0 Å². The Balaban J connectivity index is 1.81. The van der Waals surface area contributed by atoms with Crippen LogP contribution in [-0.2, 0) is 0 Å². The number of phenols is 1. The molecule has 0 aliphatic carbocycles. The molecule has 0 fully saturated rings. The van der Waals surface area contributed by atoms with E-state index in [2.05, 4.69) is 30.3 Å². The van der Waals surface area contributed by atoms with Crippen molar-refractivity contribution in [2.75, 3.05) is 0 Å². The number of phenolic OH excluding ortho intramolecular Hbond substituents is 1. The fourth-order valence-electron chi connectivity index (χ4n) is 3.52. The molecular formula is C25H17NO2. The lowest BCUT2D eigenvalue weighted by Crippen LogP contribution is -1.87. The van der Waals surface area contributed by atoms with Gasteiger partial charge in [0.1, 0.15) is 11.3 Å². The van der Waals surface area contributed by atoms with Crippen LogP contribution in [0.25, 0.3) is 44.8 Å². The highest BCUT2D eigenvalue weighted by molar-refractivity contribution is 6.01. The van der Waals surface area contributed by atoms with E-state index in [4.69, 9.17) is 9.40 Å². The molecule has 4 aromatic carbocycles. The van der Waals surface area contributed by atoms with Crippen LogP contribution in [0.15, 0.2) is 101 Å². The fraction of sp³-hybridized carbons (Fsp3) is 0. The fourth-order valence-corrected chi connectivity index (χ4v) is 3.52. The first kappa shape index (κ1) is 16.3. The van der Waals surface area contributed by atoms with Crippen molar-refractivity contribution in [3.8, 4) is 39.5 Å². The van der Waals surface area contributed by atoms with Gasteiger partial charge in [0.05, 0.1) is 5.56 Å². The predicted molar refractivity (Wildman–Crippen MR) is 112 cm³/mol. The lowest BCUT2D eigenvalue weighted by Gasteiger charge is -2.10. The Hall–Kier alpha value is -3.85.